The standard InChI is InChI=1S/C14H12F6N2O3/c15-13(16,17)7-3-9(14(18,19)20)11(23)10(4-7)22-2-1-21(12(22)24)5-8-6-25-8/h3-4,8,23H,1-2,5-6H2/t8-/m0/s1. The van der Waals surface area contributed by atoms with Gasteiger partial charge in [-0.05, 0) is 12.1 Å². The van der Waals surface area contributed by atoms with Crippen molar-refractivity contribution in [3.8, 4) is 5.75 Å². The number of halogens is 6. The van der Waals surface area contributed by atoms with Crippen LogP contribution in [0.25, 0.3) is 0 Å². The molecule has 3 rings (SSSR count). The van der Waals surface area contributed by atoms with Crippen molar-refractivity contribution in [2.75, 3.05) is 31.1 Å². The Hall–Kier alpha value is -2.17. The molecule has 0 bridgehead atoms. The van der Waals surface area contributed by atoms with Crippen molar-refractivity contribution in [1.29, 1.82) is 0 Å². The minimum absolute atomic E-state index is 0.107. The third kappa shape index (κ3) is 3.46. The van der Waals surface area contributed by atoms with E-state index in [-0.39, 0.29) is 31.8 Å². The van der Waals surface area contributed by atoms with Gasteiger partial charge in [-0.2, -0.15) is 26.3 Å². The van der Waals surface area contributed by atoms with Gasteiger partial charge in [-0.15, -0.1) is 0 Å². The smallest absolute Gasteiger partial charge is 0.420 e. The molecule has 1 N–H and O–H groups in total. The molecule has 2 heterocycles. The molecular formula is C14H12F6N2O3. The van der Waals surface area contributed by atoms with Gasteiger partial charge in [0, 0.05) is 13.1 Å². The summed E-state index contributed by atoms with van der Waals surface area (Å²) in [7, 11) is 0. The Morgan fingerprint density at radius 2 is 1.76 bits per heavy atom. The van der Waals surface area contributed by atoms with E-state index in [4.69, 9.17) is 4.74 Å². The number of epoxide rings is 1. The zero-order chi connectivity index (χ0) is 18.6. The molecule has 2 aliphatic heterocycles. The highest BCUT2D eigenvalue weighted by Gasteiger charge is 2.43. The predicted molar refractivity (Wildman–Crippen MR) is 72.2 cm³/mol. The van der Waals surface area contributed by atoms with E-state index in [9.17, 15) is 36.2 Å². The normalized spacial score (nSPS) is 21.2. The van der Waals surface area contributed by atoms with Crippen LogP contribution in [0.4, 0.5) is 36.8 Å². The van der Waals surface area contributed by atoms with Gasteiger partial charge in [0.2, 0.25) is 0 Å². The van der Waals surface area contributed by atoms with Crippen LogP contribution in [-0.2, 0) is 17.1 Å². The fourth-order valence-electron chi connectivity index (χ4n) is 2.60. The molecule has 0 spiro atoms. The number of hydrogen-bond acceptors (Lipinski definition) is 3. The van der Waals surface area contributed by atoms with Gasteiger partial charge in [-0.25, -0.2) is 4.79 Å². The van der Waals surface area contributed by atoms with Crippen LogP contribution in [0.3, 0.4) is 0 Å². The summed E-state index contributed by atoms with van der Waals surface area (Å²) in [4.78, 5) is 14.2. The predicted octanol–water partition coefficient (Wildman–Crippen LogP) is 3.07. The fourth-order valence-corrected chi connectivity index (χ4v) is 2.60. The van der Waals surface area contributed by atoms with Crippen LogP contribution < -0.4 is 4.90 Å². The molecule has 138 valence electrons. The van der Waals surface area contributed by atoms with Crippen molar-refractivity contribution in [3.63, 3.8) is 0 Å². The second kappa shape index (κ2) is 5.68. The van der Waals surface area contributed by atoms with E-state index in [1.165, 1.54) is 4.90 Å². The largest absolute Gasteiger partial charge is 0.505 e. The molecule has 0 saturated carbocycles. The first-order valence-electron chi connectivity index (χ1n) is 7.18. The minimum Gasteiger partial charge on any atom is -0.505 e. The molecule has 0 unspecified atom stereocenters. The fraction of sp³-hybridized carbons (Fsp3) is 0.500. The molecular weight excluding hydrogens is 358 g/mol. The van der Waals surface area contributed by atoms with E-state index in [1.807, 2.05) is 0 Å². The quantitative estimate of drug-likeness (QED) is 0.657. The van der Waals surface area contributed by atoms with Gasteiger partial charge < -0.3 is 14.7 Å². The summed E-state index contributed by atoms with van der Waals surface area (Å²) in [6, 6.07) is -0.604. The molecule has 1 atom stereocenters. The summed E-state index contributed by atoms with van der Waals surface area (Å²) < 4.78 is 82.7. The number of carbonyl (C=O) groups is 1. The maximum Gasteiger partial charge on any atom is 0.420 e. The van der Waals surface area contributed by atoms with Gasteiger partial charge >= 0.3 is 18.4 Å². The molecule has 2 amide bonds. The Morgan fingerprint density at radius 1 is 1.12 bits per heavy atom. The van der Waals surface area contributed by atoms with Crippen molar-refractivity contribution in [2.45, 2.75) is 18.5 Å². The molecule has 0 aliphatic carbocycles. The zero-order valence-corrected chi connectivity index (χ0v) is 12.5. The van der Waals surface area contributed by atoms with Crippen LogP contribution in [0.2, 0.25) is 0 Å². The number of phenolic OH excluding ortho intramolecular Hbond substituents is 1. The first-order chi connectivity index (χ1) is 11.5. The van der Waals surface area contributed by atoms with Gasteiger partial charge in [0.1, 0.15) is 0 Å². The molecule has 25 heavy (non-hydrogen) atoms. The summed E-state index contributed by atoms with van der Waals surface area (Å²) in [5, 5.41) is 9.85. The number of urea groups is 1. The summed E-state index contributed by atoms with van der Waals surface area (Å²) >= 11 is 0. The second-order valence-electron chi connectivity index (χ2n) is 5.72. The SMILES string of the molecule is O=C1N(C[C@H]2CO2)CCN1c1cc(C(F)(F)F)cc(C(F)(F)F)c1O. The lowest BCUT2D eigenvalue weighted by atomic mass is 10.1. The number of amides is 2. The number of anilines is 1. The first-order valence-corrected chi connectivity index (χ1v) is 7.18. The first kappa shape index (κ1) is 17.6. The van der Waals surface area contributed by atoms with Crippen molar-refractivity contribution < 1.29 is 41.0 Å². The van der Waals surface area contributed by atoms with Gasteiger partial charge in [-0.1, -0.05) is 0 Å². The van der Waals surface area contributed by atoms with Crippen LogP contribution in [0, 0.1) is 0 Å². The minimum atomic E-state index is -5.20. The van der Waals surface area contributed by atoms with Crippen molar-refractivity contribution >= 4 is 11.7 Å². The molecule has 11 heteroatoms. The third-order valence-electron chi connectivity index (χ3n) is 3.93. The maximum atomic E-state index is 13.0. The topological polar surface area (TPSA) is 56.3 Å². The Morgan fingerprint density at radius 3 is 2.28 bits per heavy atom. The molecule has 2 saturated heterocycles. The van der Waals surface area contributed by atoms with E-state index < -0.39 is 40.9 Å². The monoisotopic (exact) mass is 370 g/mol. The molecule has 2 fully saturated rings. The lowest BCUT2D eigenvalue weighted by Gasteiger charge is -2.22. The van der Waals surface area contributed by atoms with Crippen LogP contribution in [0.15, 0.2) is 12.1 Å². The summed E-state index contributed by atoms with van der Waals surface area (Å²) in [6.07, 6.45) is -10.4. The van der Waals surface area contributed by atoms with Crippen LogP contribution in [0.1, 0.15) is 11.1 Å². The van der Waals surface area contributed by atoms with E-state index in [2.05, 4.69) is 0 Å². The Labute approximate surface area is 137 Å². The van der Waals surface area contributed by atoms with Gasteiger partial charge in [0.25, 0.3) is 0 Å². The number of nitrogens with zero attached hydrogens (tertiary/aromatic N) is 2. The number of hydrogen-bond donors (Lipinski definition) is 1. The number of alkyl halides is 6. The number of carbonyl (C=O) groups excluding carboxylic acids is 1. The Balaban J connectivity index is 2.01. The summed E-state index contributed by atoms with van der Waals surface area (Å²) in [5.74, 6) is -1.40. The van der Waals surface area contributed by atoms with Crippen LogP contribution in [-0.4, -0.2) is 48.4 Å². The van der Waals surface area contributed by atoms with Crippen LogP contribution >= 0.6 is 0 Å². The molecule has 0 aromatic heterocycles. The number of benzene rings is 1. The van der Waals surface area contributed by atoms with Crippen molar-refractivity contribution in [2.24, 2.45) is 0 Å². The second-order valence-corrected chi connectivity index (χ2v) is 5.72. The molecule has 0 radical (unpaired) electrons. The number of phenols is 1. The average Bonchev–Trinajstić information content (AvgIpc) is 3.22. The Kier molecular flexibility index (Phi) is 4.01. The zero-order valence-electron chi connectivity index (χ0n) is 12.5. The Bertz CT molecular complexity index is 699. The lowest BCUT2D eigenvalue weighted by Crippen LogP contribution is -2.34. The molecule has 1 aromatic rings. The van der Waals surface area contributed by atoms with E-state index >= 15 is 0 Å². The summed E-state index contributed by atoms with van der Waals surface area (Å²) in [6.45, 7) is 0.603. The highest BCUT2D eigenvalue weighted by Crippen LogP contribution is 2.45. The number of aromatic hydroxyl groups is 1. The number of rotatable bonds is 3. The van der Waals surface area contributed by atoms with E-state index in [0.717, 1.165) is 0 Å². The maximum absolute atomic E-state index is 13.0. The van der Waals surface area contributed by atoms with Gasteiger partial charge in [-0.3, -0.25) is 4.90 Å². The lowest BCUT2D eigenvalue weighted by molar-refractivity contribution is -0.143. The van der Waals surface area contributed by atoms with Crippen molar-refractivity contribution in [3.05, 3.63) is 23.3 Å². The summed E-state index contributed by atoms with van der Waals surface area (Å²) in [5.41, 5.74) is -4.25. The highest BCUT2D eigenvalue weighted by molar-refractivity contribution is 5.96. The molecule has 2 aliphatic rings. The number of ether oxygens (including phenoxy) is 1. The van der Waals surface area contributed by atoms with E-state index in [0.29, 0.717) is 17.6 Å². The van der Waals surface area contributed by atoms with Crippen LogP contribution in [0.5, 0.6) is 5.75 Å². The van der Waals surface area contributed by atoms with E-state index in [1.54, 1.807) is 0 Å². The molecule has 1 aromatic carbocycles. The van der Waals surface area contributed by atoms with Gasteiger partial charge in [0.15, 0.2) is 5.75 Å². The third-order valence-corrected chi connectivity index (χ3v) is 3.93. The highest BCUT2D eigenvalue weighted by atomic mass is 19.4. The average molecular weight is 370 g/mol. The molecule has 5 nitrogen and oxygen atoms in total. The van der Waals surface area contributed by atoms with Crippen molar-refractivity contribution in [1.82, 2.24) is 4.90 Å². The van der Waals surface area contributed by atoms with Gasteiger partial charge in [0.05, 0.1) is 36.1 Å².